The van der Waals surface area contributed by atoms with Gasteiger partial charge in [0.1, 0.15) is 17.3 Å². The van der Waals surface area contributed by atoms with Crippen LogP contribution >= 0.6 is 11.3 Å². The maximum Gasteiger partial charge on any atom is 0.410 e. The van der Waals surface area contributed by atoms with Gasteiger partial charge in [0.15, 0.2) is 0 Å². The van der Waals surface area contributed by atoms with Crippen LogP contribution in [0.5, 0.6) is 0 Å². The molecular weight excluding hydrogens is 388 g/mol. The monoisotopic (exact) mass is 414 g/mol. The molecule has 0 radical (unpaired) electrons. The van der Waals surface area contributed by atoms with Crippen molar-refractivity contribution in [2.45, 2.75) is 51.1 Å². The van der Waals surface area contributed by atoms with Gasteiger partial charge in [0.05, 0.1) is 6.04 Å². The smallest absolute Gasteiger partial charge is 0.410 e. The molecule has 2 saturated heterocycles. The number of amides is 2. The molecule has 2 fully saturated rings. The van der Waals surface area contributed by atoms with E-state index in [4.69, 9.17) is 4.74 Å². The Labute approximate surface area is 174 Å². The molecule has 0 aromatic carbocycles. The second-order valence-electron chi connectivity index (χ2n) is 7.58. The van der Waals surface area contributed by atoms with Crippen LogP contribution in [-0.2, 0) is 4.74 Å². The van der Waals surface area contributed by atoms with Crippen molar-refractivity contribution >= 4 is 23.3 Å². The van der Waals surface area contributed by atoms with E-state index in [1.165, 1.54) is 11.3 Å². The van der Waals surface area contributed by atoms with Crippen molar-refractivity contribution < 1.29 is 14.3 Å². The fraction of sp³-hybridized carbons (Fsp3) is 0.524. The van der Waals surface area contributed by atoms with Gasteiger partial charge in [-0.1, -0.05) is 19.8 Å². The molecule has 2 aliphatic heterocycles. The Morgan fingerprint density at radius 1 is 1.28 bits per heavy atom. The molecule has 4 heterocycles. The number of likely N-dealkylation sites (tertiary alicyclic amines) is 1. The summed E-state index contributed by atoms with van der Waals surface area (Å²) in [6.45, 7) is 3.92. The molecule has 29 heavy (non-hydrogen) atoms. The largest absolute Gasteiger partial charge is 0.447 e. The highest BCUT2D eigenvalue weighted by molar-refractivity contribution is 7.13. The summed E-state index contributed by atoms with van der Waals surface area (Å²) in [5, 5.41) is 2.65. The molecule has 0 N–H and O–H groups in total. The number of piperidine rings is 1. The summed E-state index contributed by atoms with van der Waals surface area (Å²) in [6.07, 6.45) is 8.00. The van der Waals surface area contributed by atoms with E-state index in [1.807, 2.05) is 27.3 Å². The van der Waals surface area contributed by atoms with Crippen molar-refractivity contribution in [1.82, 2.24) is 19.8 Å². The van der Waals surface area contributed by atoms with Crippen molar-refractivity contribution in [3.63, 3.8) is 0 Å². The lowest BCUT2D eigenvalue weighted by Gasteiger charge is -2.37. The van der Waals surface area contributed by atoms with Crippen LogP contribution in [0.15, 0.2) is 29.9 Å². The molecule has 0 spiro atoms. The van der Waals surface area contributed by atoms with Crippen LogP contribution in [0.1, 0.15) is 49.5 Å². The number of thiazole rings is 1. The molecule has 2 aliphatic rings. The van der Waals surface area contributed by atoms with Crippen molar-refractivity contribution in [2.24, 2.45) is 0 Å². The molecule has 4 rings (SSSR count). The third-order valence-corrected chi connectivity index (χ3v) is 6.58. The van der Waals surface area contributed by atoms with Crippen LogP contribution in [0.2, 0.25) is 0 Å². The summed E-state index contributed by atoms with van der Waals surface area (Å²) in [6, 6.07) is 4.11. The molecule has 0 saturated carbocycles. The summed E-state index contributed by atoms with van der Waals surface area (Å²) in [5.41, 5.74) is 1.45. The molecule has 2 aromatic heterocycles. The fourth-order valence-electron chi connectivity index (χ4n) is 4.09. The van der Waals surface area contributed by atoms with Gasteiger partial charge in [0, 0.05) is 42.5 Å². The summed E-state index contributed by atoms with van der Waals surface area (Å²) in [7, 11) is 0. The van der Waals surface area contributed by atoms with Gasteiger partial charge in [-0.25, -0.2) is 9.78 Å². The third kappa shape index (κ3) is 4.27. The topological polar surface area (TPSA) is 75.6 Å². The highest BCUT2D eigenvalue weighted by Gasteiger charge is 2.39. The Morgan fingerprint density at radius 3 is 2.76 bits per heavy atom. The van der Waals surface area contributed by atoms with E-state index in [0.717, 1.165) is 42.7 Å². The van der Waals surface area contributed by atoms with Crippen molar-refractivity contribution in [3.05, 3.63) is 35.6 Å². The Bertz CT molecular complexity index is 849. The highest BCUT2D eigenvalue weighted by atomic mass is 32.1. The van der Waals surface area contributed by atoms with Crippen molar-refractivity contribution in [1.29, 1.82) is 0 Å². The van der Waals surface area contributed by atoms with Crippen LogP contribution in [0.25, 0.3) is 10.6 Å². The molecule has 1 unspecified atom stereocenters. The number of carbonyl (C=O) groups is 2. The summed E-state index contributed by atoms with van der Waals surface area (Å²) in [5.74, 6) is -0.0356. The van der Waals surface area contributed by atoms with E-state index in [2.05, 4.69) is 16.9 Å². The predicted molar refractivity (Wildman–Crippen MR) is 111 cm³/mol. The number of pyridine rings is 1. The SMILES string of the molecule is CCCCC1COC(=O)N1C1CCN(C(=O)c2csc(-c3ccncc3)n2)CC1. The number of hydrogen-bond donors (Lipinski definition) is 0. The lowest BCUT2D eigenvalue weighted by atomic mass is 10.00. The number of nitrogens with zero attached hydrogens (tertiary/aromatic N) is 4. The van der Waals surface area contributed by atoms with Crippen molar-refractivity contribution in [3.8, 4) is 10.6 Å². The fourth-order valence-corrected chi connectivity index (χ4v) is 4.89. The number of aromatic nitrogens is 2. The minimum atomic E-state index is -0.197. The van der Waals surface area contributed by atoms with Gasteiger partial charge < -0.3 is 9.64 Å². The minimum absolute atomic E-state index is 0.0356. The van der Waals surface area contributed by atoms with Crippen LogP contribution in [0.3, 0.4) is 0 Å². The zero-order valence-corrected chi connectivity index (χ0v) is 17.4. The Kier molecular flexibility index (Phi) is 6.08. The maximum absolute atomic E-state index is 12.9. The number of carbonyl (C=O) groups excluding carboxylic acids is 2. The molecule has 8 heteroatoms. The van der Waals surface area contributed by atoms with Crippen LogP contribution in [0.4, 0.5) is 4.79 Å². The summed E-state index contributed by atoms with van der Waals surface area (Å²) in [4.78, 5) is 37.5. The Balaban J connectivity index is 1.36. The Hall–Kier alpha value is -2.48. The van der Waals surface area contributed by atoms with Gasteiger partial charge in [-0.3, -0.25) is 14.7 Å². The minimum Gasteiger partial charge on any atom is -0.447 e. The second-order valence-corrected chi connectivity index (χ2v) is 8.44. The molecule has 0 bridgehead atoms. The van der Waals surface area contributed by atoms with E-state index < -0.39 is 0 Å². The number of hydrogen-bond acceptors (Lipinski definition) is 6. The highest BCUT2D eigenvalue weighted by Crippen LogP contribution is 2.28. The summed E-state index contributed by atoms with van der Waals surface area (Å²) >= 11 is 1.47. The van der Waals surface area contributed by atoms with Crippen LogP contribution in [-0.4, -0.2) is 63.5 Å². The summed E-state index contributed by atoms with van der Waals surface area (Å²) < 4.78 is 5.31. The first-order chi connectivity index (χ1) is 14.2. The number of cyclic esters (lactones) is 1. The van der Waals surface area contributed by atoms with E-state index >= 15 is 0 Å². The lowest BCUT2D eigenvalue weighted by molar-refractivity contribution is 0.0629. The third-order valence-electron chi connectivity index (χ3n) is 5.69. The van der Waals surface area contributed by atoms with Gasteiger partial charge in [0.2, 0.25) is 0 Å². The normalized spacial score (nSPS) is 20.2. The average molecular weight is 415 g/mol. The number of ether oxygens (including phenoxy) is 1. The molecule has 7 nitrogen and oxygen atoms in total. The maximum atomic E-state index is 12.9. The van der Waals surface area contributed by atoms with Gasteiger partial charge >= 0.3 is 6.09 Å². The average Bonchev–Trinajstić information content (AvgIpc) is 3.40. The van der Waals surface area contributed by atoms with Gasteiger partial charge in [-0.2, -0.15) is 0 Å². The van der Waals surface area contributed by atoms with Gasteiger partial charge in [-0.15, -0.1) is 11.3 Å². The Morgan fingerprint density at radius 2 is 2.03 bits per heavy atom. The first kappa shape index (κ1) is 19.8. The van der Waals surface area contributed by atoms with Crippen LogP contribution in [0, 0.1) is 0 Å². The zero-order valence-electron chi connectivity index (χ0n) is 16.6. The van der Waals surface area contributed by atoms with Crippen LogP contribution < -0.4 is 0 Å². The van der Waals surface area contributed by atoms with E-state index in [9.17, 15) is 9.59 Å². The first-order valence-electron chi connectivity index (χ1n) is 10.3. The molecule has 2 amide bonds. The molecular formula is C21H26N4O3S. The van der Waals surface area contributed by atoms with Gasteiger partial charge in [0.25, 0.3) is 5.91 Å². The molecule has 1 atom stereocenters. The quantitative estimate of drug-likeness (QED) is 0.718. The number of rotatable bonds is 6. The van der Waals surface area contributed by atoms with Crippen molar-refractivity contribution in [2.75, 3.05) is 19.7 Å². The molecule has 154 valence electrons. The zero-order chi connectivity index (χ0) is 20.2. The molecule has 2 aromatic rings. The van der Waals surface area contributed by atoms with E-state index in [0.29, 0.717) is 25.4 Å². The van der Waals surface area contributed by atoms with E-state index in [1.54, 1.807) is 12.4 Å². The lowest BCUT2D eigenvalue weighted by Crippen LogP contribution is -2.49. The predicted octanol–water partition coefficient (Wildman–Crippen LogP) is 3.82. The second kappa shape index (κ2) is 8.90. The van der Waals surface area contributed by atoms with Gasteiger partial charge in [-0.05, 0) is 31.4 Å². The standard InChI is InChI=1S/C21H26N4O3S/c1-2-3-4-17-13-28-21(27)25(17)16-7-11-24(12-8-16)20(26)18-14-29-19(23-18)15-5-9-22-10-6-15/h5-6,9-10,14,16-17H,2-4,7-8,11-13H2,1H3. The first-order valence-corrected chi connectivity index (χ1v) is 11.2. The van der Waals surface area contributed by atoms with E-state index in [-0.39, 0.29) is 24.1 Å². The number of unbranched alkanes of at least 4 members (excludes halogenated alkanes) is 1. The molecule has 0 aliphatic carbocycles.